The number of hydrogen-bond donors (Lipinski definition) is 0. The number of aldehydes is 1. The lowest BCUT2D eigenvalue weighted by Gasteiger charge is -2.20. The first-order valence-corrected chi connectivity index (χ1v) is 8.79. The van der Waals surface area contributed by atoms with Crippen molar-refractivity contribution in [3.05, 3.63) is 18.0 Å². The van der Waals surface area contributed by atoms with Gasteiger partial charge in [-0.3, -0.25) is 4.79 Å². The summed E-state index contributed by atoms with van der Waals surface area (Å²) in [6.07, 6.45) is 0.533. The molecule has 10 nitrogen and oxygen atoms in total. The van der Waals surface area contributed by atoms with Crippen LogP contribution >= 0.6 is 0 Å². The molecule has 164 valence electrons. The Morgan fingerprint density at radius 3 is 1.55 bits per heavy atom. The quantitative estimate of drug-likeness (QED) is 0.285. The van der Waals surface area contributed by atoms with Gasteiger partial charge in [0.05, 0.1) is 11.8 Å². The van der Waals surface area contributed by atoms with Crippen molar-refractivity contribution in [2.24, 2.45) is 0 Å². The van der Waals surface area contributed by atoms with Crippen LogP contribution in [0, 0.1) is 0 Å². The Balaban J connectivity index is 0.000000541. The minimum atomic E-state index is -1.06. The van der Waals surface area contributed by atoms with Crippen LogP contribution in [0.15, 0.2) is 12.4 Å². The molecule has 0 N–H and O–H groups in total. The second-order valence-electron chi connectivity index (χ2n) is 8.85. The van der Waals surface area contributed by atoms with E-state index in [4.69, 9.17) is 14.2 Å². The monoisotopic (exact) mass is 414 g/mol. The molecule has 0 aromatic carbocycles. The first-order valence-electron chi connectivity index (χ1n) is 8.79. The maximum atomic E-state index is 11.4. The number of nitrogens with zero attached hydrogens (tertiary/aromatic N) is 2. The lowest BCUT2D eigenvalue weighted by Crippen LogP contribution is -2.29. The van der Waals surface area contributed by atoms with Gasteiger partial charge in [0.2, 0.25) is 0 Å². The maximum absolute atomic E-state index is 11.4. The maximum Gasteiger partial charge on any atom is 0.519 e. The minimum absolute atomic E-state index is 0.343. The topological polar surface area (TPSA) is 123 Å². The summed E-state index contributed by atoms with van der Waals surface area (Å²) in [5, 5.41) is 3.68. The van der Waals surface area contributed by atoms with Gasteiger partial charge in [0.1, 0.15) is 16.8 Å². The number of ether oxygens (including phenoxy) is 4. The van der Waals surface area contributed by atoms with E-state index >= 15 is 0 Å². The fraction of sp³-hybridized carbons (Fsp3) is 0.632. The van der Waals surface area contributed by atoms with Crippen LogP contribution in [0.2, 0.25) is 0 Å². The lowest BCUT2D eigenvalue weighted by molar-refractivity contribution is -0.0294. The van der Waals surface area contributed by atoms with Gasteiger partial charge in [-0.15, -0.1) is 0 Å². The van der Waals surface area contributed by atoms with Crippen LogP contribution in [0.4, 0.5) is 14.4 Å². The van der Waals surface area contributed by atoms with Gasteiger partial charge < -0.3 is 18.9 Å². The SMILES string of the molecule is CC(C)(C)OC(=O)OC(=O)OC(C)(C)C.CC(C)(C)OC(=O)n1cc(C=O)cn1. The average Bonchev–Trinajstić information content (AvgIpc) is 2.90. The van der Waals surface area contributed by atoms with Crippen molar-refractivity contribution in [2.75, 3.05) is 0 Å². The van der Waals surface area contributed by atoms with Crippen LogP contribution in [0.3, 0.4) is 0 Å². The Morgan fingerprint density at radius 1 is 0.828 bits per heavy atom. The zero-order valence-electron chi connectivity index (χ0n) is 18.4. The third-order valence-electron chi connectivity index (χ3n) is 2.26. The molecule has 1 heterocycles. The Bertz CT molecular complexity index is 692. The molecule has 0 fully saturated rings. The van der Waals surface area contributed by atoms with Gasteiger partial charge in [-0.05, 0) is 62.3 Å². The number of aromatic nitrogens is 2. The van der Waals surface area contributed by atoms with E-state index in [1.807, 2.05) is 0 Å². The zero-order chi connectivity index (χ0) is 23.0. The lowest BCUT2D eigenvalue weighted by atomic mass is 10.2. The molecule has 1 aromatic rings. The Kier molecular flexibility index (Phi) is 9.03. The molecule has 0 amide bonds. The molecule has 29 heavy (non-hydrogen) atoms. The van der Waals surface area contributed by atoms with Gasteiger partial charge in [0.25, 0.3) is 0 Å². The van der Waals surface area contributed by atoms with E-state index in [0.29, 0.717) is 11.8 Å². The predicted octanol–water partition coefficient (Wildman–Crippen LogP) is 4.35. The molecular weight excluding hydrogens is 384 g/mol. The normalized spacial score (nSPS) is 11.5. The molecule has 0 radical (unpaired) electrons. The second kappa shape index (κ2) is 10.0. The summed E-state index contributed by atoms with van der Waals surface area (Å²) in [4.78, 5) is 43.7. The summed E-state index contributed by atoms with van der Waals surface area (Å²) in [7, 11) is 0. The summed E-state index contributed by atoms with van der Waals surface area (Å²) in [5.74, 6) is 0. The molecular formula is C19H30N2O8. The van der Waals surface area contributed by atoms with Gasteiger partial charge in [0, 0.05) is 6.20 Å². The van der Waals surface area contributed by atoms with E-state index < -0.39 is 35.2 Å². The number of hydrogen-bond acceptors (Lipinski definition) is 9. The summed E-state index contributed by atoms with van der Waals surface area (Å²) < 4.78 is 19.8. The third kappa shape index (κ3) is 13.8. The van der Waals surface area contributed by atoms with E-state index in [1.54, 1.807) is 62.3 Å². The largest absolute Gasteiger partial charge is 0.519 e. The standard InChI is InChI=1S/C10H18O5.C9H12N2O3/c1-9(2,3)14-7(11)13-8(12)15-10(4,5)6;1-9(2,3)14-8(13)11-5-7(6-12)4-10-11/h1-6H3;4-6H,1-3H3. The third-order valence-corrected chi connectivity index (χ3v) is 2.26. The molecule has 0 bridgehead atoms. The van der Waals surface area contributed by atoms with Crippen LogP contribution in [0.5, 0.6) is 0 Å². The molecule has 0 aliphatic rings. The summed E-state index contributed by atoms with van der Waals surface area (Å²) in [5.41, 5.74) is -1.61. The average molecular weight is 414 g/mol. The predicted molar refractivity (Wildman–Crippen MR) is 103 cm³/mol. The van der Waals surface area contributed by atoms with E-state index in [2.05, 4.69) is 9.84 Å². The molecule has 0 unspecified atom stereocenters. The fourth-order valence-electron chi connectivity index (χ4n) is 1.42. The van der Waals surface area contributed by atoms with Gasteiger partial charge >= 0.3 is 18.4 Å². The molecule has 0 spiro atoms. The van der Waals surface area contributed by atoms with Gasteiger partial charge in [-0.2, -0.15) is 9.78 Å². The first-order chi connectivity index (χ1) is 12.9. The van der Waals surface area contributed by atoms with Crippen LogP contribution in [0.25, 0.3) is 0 Å². The zero-order valence-corrected chi connectivity index (χ0v) is 18.4. The van der Waals surface area contributed by atoms with Crippen molar-refractivity contribution >= 4 is 24.7 Å². The Hall–Kier alpha value is -2.91. The van der Waals surface area contributed by atoms with Crippen molar-refractivity contribution in [2.45, 2.75) is 79.1 Å². The van der Waals surface area contributed by atoms with Crippen LogP contribution in [-0.4, -0.2) is 51.3 Å². The molecule has 0 aliphatic heterocycles. The van der Waals surface area contributed by atoms with E-state index in [9.17, 15) is 19.2 Å². The van der Waals surface area contributed by atoms with E-state index in [0.717, 1.165) is 4.68 Å². The Labute approximate surface area is 170 Å². The van der Waals surface area contributed by atoms with Crippen molar-refractivity contribution in [1.82, 2.24) is 9.78 Å². The second-order valence-corrected chi connectivity index (χ2v) is 8.85. The minimum Gasteiger partial charge on any atom is -0.442 e. The summed E-state index contributed by atoms with van der Waals surface area (Å²) in [6.45, 7) is 15.3. The van der Waals surface area contributed by atoms with Crippen LogP contribution in [-0.2, 0) is 18.9 Å². The highest BCUT2D eigenvalue weighted by Gasteiger charge is 2.24. The summed E-state index contributed by atoms with van der Waals surface area (Å²) in [6, 6.07) is 0. The van der Waals surface area contributed by atoms with Crippen molar-refractivity contribution < 1.29 is 38.1 Å². The van der Waals surface area contributed by atoms with Gasteiger partial charge in [-0.1, -0.05) is 0 Å². The molecule has 10 heteroatoms. The van der Waals surface area contributed by atoms with E-state index in [-0.39, 0.29) is 0 Å². The highest BCUT2D eigenvalue weighted by molar-refractivity contribution is 5.77. The Morgan fingerprint density at radius 2 is 1.24 bits per heavy atom. The highest BCUT2D eigenvalue weighted by Crippen LogP contribution is 2.11. The number of carbonyl (C=O) groups is 4. The number of carbonyl (C=O) groups excluding carboxylic acids is 4. The van der Waals surface area contributed by atoms with Crippen molar-refractivity contribution in [1.29, 1.82) is 0 Å². The van der Waals surface area contributed by atoms with Gasteiger partial charge in [-0.25, -0.2) is 14.4 Å². The van der Waals surface area contributed by atoms with Crippen LogP contribution in [0.1, 0.15) is 72.7 Å². The highest BCUT2D eigenvalue weighted by atomic mass is 16.8. The first kappa shape index (κ1) is 26.1. The van der Waals surface area contributed by atoms with Crippen LogP contribution < -0.4 is 0 Å². The van der Waals surface area contributed by atoms with Crippen molar-refractivity contribution in [3.8, 4) is 0 Å². The molecule has 0 saturated heterocycles. The van der Waals surface area contributed by atoms with Gasteiger partial charge in [0.15, 0.2) is 6.29 Å². The summed E-state index contributed by atoms with van der Waals surface area (Å²) >= 11 is 0. The molecule has 1 rings (SSSR count). The molecule has 0 saturated carbocycles. The molecule has 0 atom stereocenters. The smallest absolute Gasteiger partial charge is 0.442 e. The van der Waals surface area contributed by atoms with E-state index in [1.165, 1.54) is 12.4 Å². The molecule has 0 aliphatic carbocycles. The fourth-order valence-corrected chi connectivity index (χ4v) is 1.42. The molecule has 1 aromatic heterocycles. The van der Waals surface area contributed by atoms with Crippen molar-refractivity contribution in [3.63, 3.8) is 0 Å². The number of rotatable bonds is 1.